The number of nitrogens with one attached hydrogen (secondary N) is 1. The maximum absolute atomic E-state index is 12.5. The Morgan fingerprint density at radius 3 is 0.910 bits per heavy atom. The minimum atomic E-state index is -0.665. The highest BCUT2D eigenvalue weighted by molar-refractivity contribution is 5.76. The van der Waals surface area contributed by atoms with Crippen molar-refractivity contribution in [1.29, 1.82) is 0 Å². The summed E-state index contributed by atoms with van der Waals surface area (Å²) < 4.78 is 5.50. The molecule has 0 heterocycles. The van der Waals surface area contributed by atoms with E-state index in [2.05, 4.69) is 19.2 Å². The Morgan fingerprint density at radius 1 is 0.358 bits per heavy atom. The van der Waals surface area contributed by atoms with Gasteiger partial charge in [-0.25, -0.2) is 0 Å². The highest BCUT2D eigenvalue weighted by atomic mass is 16.5. The lowest BCUT2D eigenvalue weighted by Gasteiger charge is -2.22. The normalized spacial score (nSPS) is 12.5. The first-order valence-corrected chi connectivity index (χ1v) is 30.8. The van der Waals surface area contributed by atoms with E-state index >= 15 is 0 Å². The lowest BCUT2D eigenvalue weighted by Crippen LogP contribution is -2.45. The van der Waals surface area contributed by atoms with Crippen LogP contribution < -0.4 is 5.32 Å². The van der Waals surface area contributed by atoms with Crippen LogP contribution in [0.25, 0.3) is 0 Å². The Balaban J connectivity index is 3.36. The van der Waals surface area contributed by atoms with E-state index in [0.717, 1.165) is 38.5 Å². The second-order valence-corrected chi connectivity index (χ2v) is 21.4. The molecule has 0 spiro atoms. The van der Waals surface area contributed by atoms with Crippen LogP contribution in [0, 0.1) is 0 Å². The summed E-state index contributed by atoms with van der Waals surface area (Å²) >= 11 is 0. The zero-order valence-electron chi connectivity index (χ0n) is 45.7. The van der Waals surface area contributed by atoms with Gasteiger partial charge in [-0.15, -0.1) is 0 Å². The van der Waals surface area contributed by atoms with Crippen LogP contribution in [0.1, 0.15) is 354 Å². The average molecular weight is 949 g/mol. The third kappa shape index (κ3) is 54.0. The van der Waals surface area contributed by atoms with Crippen molar-refractivity contribution in [3.8, 4) is 0 Å². The zero-order valence-corrected chi connectivity index (χ0v) is 45.7. The molecular formula is C61H121NO5. The number of aliphatic hydroxyl groups excluding tert-OH is 2. The van der Waals surface area contributed by atoms with Gasteiger partial charge in [0.2, 0.25) is 5.91 Å². The van der Waals surface area contributed by atoms with Crippen molar-refractivity contribution < 1.29 is 24.5 Å². The van der Waals surface area contributed by atoms with E-state index in [1.54, 1.807) is 0 Å². The molecule has 1 amide bonds. The lowest BCUT2D eigenvalue weighted by molar-refractivity contribution is -0.143. The van der Waals surface area contributed by atoms with Gasteiger partial charge in [-0.1, -0.05) is 316 Å². The molecule has 0 fully saturated rings. The average Bonchev–Trinajstić information content (AvgIpc) is 3.33. The van der Waals surface area contributed by atoms with Crippen LogP contribution in [-0.4, -0.2) is 47.4 Å². The molecule has 2 atom stereocenters. The van der Waals surface area contributed by atoms with Crippen LogP contribution >= 0.6 is 0 Å². The van der Waals surface area contributed by atoms with Crippen molar-refractivity contribution in [2.24, 2.45) is 0 Å². The Kier molecular flexibility index (Phi) is 56.5. The first kappa shape index (κ1) is 65.9. The largest absolute Gasteiger partial charge is 0.466 e. The van der Waals surface area contributed by atoms with Gasteiger partial charge in [0.25, 0.3) is 0 Å². The summed E-state index contributed by atoms with van der Waals surface area (Å²) in [5, 5.41) is 23.3. The fraction of sp³-hybridized carbons (Fsp3) is 0.967. The smallest absolute Gasteiger partial charge is 0.305 e. The molecule has 0 aromatic carbocycles. The van der Waals surface area contributed by atoms with Crippen molar-refractivity contribution in [3.05, 3.63) is 0 Å². The lowest BCUT2D eigenvalue weighted by atomic mass is 10.0. The first-order valence-electron chi connectivity index (χ1n) is 30.8. The number of carbonyl (C=O) groups is 2. The molecule has 6 heteroatoms. The summed E-state index contributed by atoms with van der Waals surface area (Å²) in [6, 6.07) is -0.543. The van der Waals surface area contributed by atoms with Crippen molar-refractivity contribution in [1.82, 2.24) is 5.32 Å². The summed E-state index contributed by atoms with van der Waals surface area (Å²) in [5.74, 6) is -0.0234. The fourth-order valence-corrected chi connectivity index (χ4v) is 9.94. The number of hydrogen-bond donors (Lipinski definition) is 3. The molecule has 0 aliphatic carbocycles. The number of unbranched alkanes of at least 4 members (excludes halogenated alkanes) is 47. The van der Waals surface area contributed by atoms with Crippen LogP contribution in [0.2, 0.25) is 0 Å². The molecular weight excluding hydrogens is 827 g/mol. The minimum absolute atomic E-state index is 0.0128. The van der Waals surface area contributed by atoms with Crippen LogP contribution in [0.4, 0.5) is 0 Å². The molecule has 2 unspecified atom stereocenters. The van der Waals surface area contributed by atoms with Crippen molar-refractivity contribution in [2.45, 2.75) is 366 Å². The van der Waals surface area contributed by atoms with E-state index < -0.39 is 12.1 Å². The van der Waals surface area contributed by atoms with Gasteiger partial charge in [0, 0.05) is 12.8 Å². The van der Waals surface area contributed by atoms with Crippen LogP contribution in [0.15, 0.2) is 0 Å². The topological polar surface area (TPSA) is 95.9 Å². The second-order valence-electron chi connectivity index (χ2n) is 21.4. The number of hydrogen-bond acceptors (Lipinski definition) is 5. The van der Waals surface area contributed by atoms with Gasteiger partial charge < -0.3 is 20.3 Å². The number of amides is 1. The molecule has 0 aliphatic heterocycles. The molecule has 0 bridgehead atoms. The molecule has 0 saturated heterocycles. The molecule has 6 nitrogen and oxygen atoms in total. The Labute approximate surface area is 419 Å². The third-order valence-electron chi connectivity index (χ3n) is 14.7. The van der Waals surface area contributed by atoms with E-state index in [1.807, 2.05) is 0 Å². The first-order chi connectivity index (χ1) is 33.0. The summed E-state index contributed by atoms with van der Waals surface area (Å²) in [4.78, 5) is 24.6. The standard InChI is InChI=1S/C61H121NO5/c1-3-5-7-9-11-13-15-17-19-20-24-27-31-35-39-43-47-51-55-61(66)67-56-52-48-44-40-36-32-28-25-22-21-23-26-30-34-38-42-46-50-54-60(65)62-58(57-63)59(64)53-49-45-41-37-33-29-18-16-14-12-10-8-6-4-2/h58-59,63-64H,3-57H2,1-2H3,(H,62,65). The van der Waals surface area contributed by atoms with E-state index in [1.165, 1.54) is 283 Å². The maximum atomic E-state index is 12.5. The Hall–Kier alpha value is -1.14. The van der Waals surface area contributed by atoms with Crippen LogP contribution in [0.3, 0.4) is 0 Å². The Bertz CT molecular complexity index is 959. The highest BCUT2D eigenvalue weighted by Gasteiger charge is 2.20. The van der Waals surface area contributed by atoms with E-state index in [4.69, 9.17) is 4.74 Å². The van der Waals surface area contributed by atoms with Crippen molar-refractivity contribution >= 4 is 11.9 Å². The van der Waals surface area contributed by atoms with Gasteiger partial charge in [0.15, 0.2) is 0 Å². The van der Waals surface area contributed by atoms with Gasteiger partial charge >= 0.3 is 5.97 Å². The van der Waals surface area contributed by atoms with Gasteiger partial charge in [0.05, 0.1) is 25.4 Å². The predicted molar refractivity (Wildman–Crippen MR) is 292 cm³/mol. The second kappa shape index (κ2) is 57.4. The molecule has 0 radical (unpaired) electrons. The summed E-state index contributed by atoms with van der Waals surface area (Å²) in [7, 11) is 0. The summed E-state index contributed by atoms with van der Waals surface area (Å²) in [5.41, 5.74) is 0. The van der Waals surface area contributed by atoms with Gasteiger partial charge in [-0.05, 0) is 25.7 Å². The number of aliphatic hydroxyl groups is 2. The molecule has 67 heavy (non-hydrogen) atoms. The molecule has 0 aliphatic rings. The SMILES string of the molecule is CCCCCCCCCCCCCCCCCCCCC(=O)OCCCCCCCCCCCCCCCCCCCCC(=O)NC(CO)C(O)CCCCCCCCCCCCCCCC. The minimum Gasteiger partial charge on any atom is -0.466 e. The number of ether oxygens (including phenoxy) is 1. The maximum Gasteiger partial charge on any atom is 0.305 e. The third-order valence-corrected chi connectivity index (χ3v) is 14.7. The number of esters is 1. The summed E-state index contributed by atoms with van der Waals surface area (Å²) in [6.07, 6.45) is 66.8. The van der Waals surface area contributed by atoms with Crippen LogP contribution in [0.5, 0.6) is 0 Å². The molecule has 0 rings (SSSR count). The van der Waals surface area contributed by atoms with Crippen molar-refractivity contribution in [3.63, 3.8) is 0 Å². The van der Waals surface area contributed by atoms with Gasteiger partial charge in [-0.3, -0.25) is 9.59 Å². The molecule has 400 valence electrons. The van der Waals surface area contributed by atoms with E-state index in [-0.39, 0.29) is 18.5 Å². The Morgan fingerprint density at radius 2 is 0.612 bits per heavy atom. The molecule has 0 saturated carbocycles. The van der Waals surface area contributed by atoms with Gasteiger partial charge in [-0.2, -0.15) is 0 Å². The van der Waals surface area contributed by atoms with Crippen LogP contribution in [-0.2, 0) is 14.3 Å². The fourth-order valence-electron chi connectivity index (χ4n) is 9.94. The molecule has 3 N–H and O–H groups in total. The highest BCUT2D eigenvalue weighted by Crippen LogP contribution is 2.18. The van der Waals surface area contributed by atoms with E-state index in [9.17, 15) is 19.8 Å². The number of carbonyl (C=O) groups excluding carboxylic acids is 2. The van der Waals surface area contributed by atoms with Gasteiger partial charge in [0.1, 0.15) is 0 Å². The van der Waals surface area contributed by atoms with Crippen molar-refractivity contribution in [2.75, 3.05) is 13.2 Å². The number of rotatable bonds is 58. The quantitative estimate of drug-likeness (QED) is 0.0417. The summed E-state index contributed by atoms with van der Waals surface area (Å²) in [6.45, 7) is 4.98. The molecule has 0 aromatic heterocycles. The van der Waals surface area contributed by atoms with E-state index in [0.29, 0.717) is 25.9 Å². The zero-order chi connectivity index (χ0) is 48.6. The molecule has 0 aromatic rings. The predicted octanol–water partition coefficient (Wildman–Crippen LogP) is 19.1. The monoisotopic (exact) mass is 948 g/mol.